The van der Waals surface area contributed by atoms with Crippen molar-refractivity contribution in [3.63, 3.8) is 0 Å². The van der Waals surface area contributed by atoms with Gasteiger partial charge >= 0.3 is 0 Å². The van der Waals surface area contributed by atoms with Gasteiger partial charge in [-0.05, 0) is 30.0 Å². The van der Waals surface area contributed by atoms with E-state index in [2.05, 4.69) is 10.9 Å². The number of H-pyrrole nitrogens is 1. The molecule has 0 aliphatic carbocycles. The molecule has 21 heavy (non-hydrogen) atoms. The van der Waals surface area contributed by atoms with Crippen molar-refractivity contribution in [2.75, 3.05) is 19.3 Å². The molecule has 3 rings (SSSR count). The number of rotatable bonds is 2. The lowest BCUT2D eigenvalue weighted by Gasteiger charge is -2.27. The van der Waals surface area contributed by atoms with Gasteiger partial charge in [-0.1, -0.05) is 17.7 Å². The molecule has 1 atom stereocenters. The maximum absolute atomic E-state index is 13.7. The third kappa shape index (κ3) is 2.73. The van der Waals surface area contributed by atoms with Gasteiger partial charge in [0.25, 0.3) is 0 Å². The summed E-state index contributed by atoms with van der Waals surface area (Å²) in [7, 11) is -2.17. The first-order valence-corrected chi connectivity index (χ1v) is 9.06. The van der Waals surface area contributed by atoms with Crippen LogP contribution in [0.2, 0.25) is 5.02 Å². The van der Waals surface area contributed by atoms with E-state index in [1.807, 2.05) is 16.6 Å². The minimum Gasteiger partial charge on any atom is -0.361 e. The third-order valence-electron chi connectivity index (χ3n) is 3.79. The van der Waals surface area contributed by atoms with Gasteiger partial charge < -0.3 is 4.98 Å². The molecule has 1 aromatic carbocycles. The predicted octanol–water partition coefficient (Wildman–Crippen LogP) is 3.31. The fourth-order valence-corrected chi connectivity index (χ4v) is 3.66. The molecule has 3 nitrogen and oxygen atoms in total. The van der Waals surface area contributed by atoms with Crippen LogP contribution in [-0.2, 0) is 9.71 Å². The zero-order valence-electron chi connectivity index (χ0n) is 11.7. The first-order valence-electron chi connectivity index (χ1n) is 6.59. The van der Waals surface area contributed by atoms with Crippen LogP contribution < -0.4 is 0 Å². The summed E-state index contributed by atoms with van der Waals surface area (Å²) < 4.78 is 27.5. The summed E-state index contributed by atoms with van der Waals surface area (Å²) in [6.45, 7) is 1.28. The molecule has 1 aliphatic rings. The number of aromatic nitrogens is 1. The average Bonchev–Trinajstić information content (AvgIpc) is 2.81. The second kappa shape index (κ2) is 5.16. The van der Waals surface area contributed by atoms with Crippen LogP contribution in [0.5, 0.6) is 0 Å². The standard InChI is InChI=1S/C15H16ClFN2OS/c1-21(2,20)19-5-3-10(4-6-19)12-9-18-15-8-13(16)14(17)7-11(12)15/h3,7-9,18H,1,4-6H2,2H3. The number of benzene rings is 1. The summed E-state index contributed by atoms with van der Waals surface area (Å²) in [5, 5.41) is 0.936. The number of nitrogens with zero attached hydrogens (tertiary/aromatic N) is 1. The first kappa shape index (κ1) is 14.6. The van der Waals surface area contributed by atoms with Crippen LogP contribution in [-0.4, -0.2) is 38.7 Å². The van der Waals surface area contributed by atoms with Crippen LogP contribution in [0.25, 0.3) is 16.5 Å². The molecule has 0 amide bonds. The van der Waals surface area contributed by atoms with Gasteiger partial charge in [-0.15, -0.1) is 0 Å². The molecule has 0 spiro atoms. The molecule has 0 saturated heterocycles. The Labute approximate surface area is 128 Å². The van der Waals surface area contributed by atoms with E-state index in [0.29, 0.717) is 13.1 Å². The van der Waals surface area contributed by atoms with Gasteiger partial charge in [0.05, 0.1) is 5.02 Å². The molecule has 0 bridgehead atoms. The highest BCUT2D eigenvalue weighted by Crippen LogP contribution is 2.32. The van der Waals surface area contributed by atoms with Gasteiger partial charge in [0.1, 0.15) is 5.82 Å². The van der Waals surface area contributed by atoms with E-state index in [-0.39, 0.29) is 5.02 Å². The third-order valence-corrected chi connectivity index (χ3v) is 5.50. The number of nitrogens with one attached hydrogen (secondary N) is 1. The second-order valence-corrected chi connectivity index (χ2v) is 8.18. The molecule has 1 aliphatic heterocycles. The van der Waals surface area contributed by atoms with E-state index >= 15 is 0 Å². The lowest BCUT2D eigenvalue weighted by Crippen LogP contribution is -2.33. The summed E-state index contributed by atoms with van der Waals surface area (Å²) in [5.41, 5.74) is 2.92. The molecule has 1 aromatic heterocycles. The largest absolute Gasteiger partial charge is 0.361 e. The van der Waals surface area contributed by atoms with Crippen LogP contribution >= 0.6 is 11.6 Å². The fourth-order valence-electron chi connectivity index (χ4n) is 2.63. The van der Waals surface area contributed by atoms with Gasteiger partial charge in [-0.3, -0.25) is 4.21 Å². The zero-order chi connectivity index (χ0) is 15.2. The minimum atomic E-state index is -2.17. The van der Waals surface area contributed by atoms with Crippen molar-refractivity contribution in [1.82, 2.24) is 9.29 Å². The Morgan fingerprint density at radius 2 is 2.24 bits per heavy atom. The first-order chi connectivity index (χ1) is 9.86. The lowest BCUT2D eigenvalue weighted by atomic mass is 10.00. The van der Waals surface area contributed by atoms with Crippen LogP contribution in [0.1, 0.15) is 12.0 Å². The molecule has 1 N–H and O–H groups in total. The van der Waals surface area contributed by atoms with Crippen LogP contribution in [0, 0.1) is 5.82 Å². The Morgan fingerprint density at radius 3 is 2.86 bits per heavy atom. The van der Waals surface area contributed by atoms with E-state index < -0.39 is 15.5 Å². The van der Waals surface area contributed by atoms with E-state index in [1.54, 1.807) is 12.3 Å². The summed E-state index contributed by atoms with van der Waals surface area (Å²) in [6.07, 6.45) is 6.31. The minimum absolute atomic E-state index is 0.113. The van der Waals surface area contributed by atoms with Crippen LogP contribution in [0.15, 0.2) is 24.4 Å². The SMILES string of the molecule is C=S(C)(=O)N1CC=C(c2c[nH]c3cc(Cl)c(F)cc23)CC1. The van der Waals surface area contributed by atoms with Gasteiger partial charge in [0, 0.05) is 51.7 Å². The highest BCUT2D eigenvalue weighted by molar-refractivity contribution is 7.97. The van der Waals surface area contributed by atoms with Crippen molar-refractivity contribution in [2.45, 2.75) is 6.42 Å². The maximum Gasteiger partial charge on any atom is 0.142 e. The van der Waals surface area contributed by atoms with Gasteiger partial charge in [-0.2, -0.15) is 0 Å². The van der Waals surface area contributed by atoms with E-state index in [1.165, 1.54) is 6.07 Å². The van der Waals surface area contributed by atoms with E-state index in [4.69, 9.17) is 11.6 Å². The second-order valence-electron chi connectivity index (χ2n) is 5.34. The molecule has 112 valence electrons. The smallest absolute Gasteiger partial charge is 0.142 e. The van der Waals surface area contributed by atoms with Crippen LogP contribution in [0.3, 0.4) is 0 Å². The van der Waals surface area contributed by atoms with Crippen molar-refractivity contribution in [2.24, 2.45) is 0 Å². The van der Waals surface area contributed by atoms with Crippen molar-refractivity contribution >= 4 is 43.7 Å². The van der Waals surface area contributed by atoms with Gasteiger partial charge in [0.2, 0.25) is 0 Å². The van der Waals surface area contributed by atoms with Gasteiger partial charge in [-0.25, -0.2) is 8.70 Å². The average molecular weight is 327 g/mol. The molecule has 1 unspecified atom stereocenters. The molecule has 0 radical (unpaired) electrons. The number of halogens is 2. The number of aromatic amines is 1. The van der Waals surface area contributed by atoms with Crippen molar-refractivity contribution in [3.8, 4) is 0 Å². The molecule has 0 saturated carbocycles. The Balaban J connectivity index is 1.99. The lowest BCUT2D eigenvalue weighted by molar-refractivity contribution is 0.484. The van der Waals surface area contributed by atoms with Crippen LogP contribution in [0.4, 0.5) is 4.39 Å². The van der Waals surface area contributed by atoms with Crippen molar-refractivity contribution < 1.29 is 8.60 Å². The van der Waals surface area contributed by atoms with E-state index in [0.717, 1.165) is 28.5 Å². The molecular formula is C15H16ClFN2OS. The maximum atomic E-state index is 13.7. The predicted molar refractivity (Wildman–Crippen MR) is 88.6 cm³/mol. The normalized spacial score (nSPS) is 19.5. The summed E-state index contributed by atoms with van der Waals surface area (Å²) >= 11 is 5.80. The topological polar surface area (TPSA) is 36.1 Å². The Bertz CT molecular complexity index is 839. The Hall–Kier alpha value is -1.30. The van der Waals surface area contributed by atoms with Crippen molar-refractivity contribution in [1.29, 1.82) is 0 Å². The number of hydrogen-bond acceptors (Lipinski definition) is 1. The summed E-state index contributed by atoms with van der Waals surface area (Å²) in [5.74, 6) is 3.29. The molecular weight excluding hydrogens is 311 g/mol. The van der Waals surface area contributed by atoms with Gasteiger partial charge in [0.15, 0.2) is 0 Å². The molecule has 6 heteroatoms. The highest BCUT2D eigenvalue weighted by atomic mass is 35.5. The highest BCUT2D eigenvalue weighted by Gasteiger charge is 2.19. The Kier molecular flexibility index (Phi) is 3.59. The summed E-state index contributed by atoms with van der Waals surface area (Å²) in [4.78, 5) is 3.12. The quantitative estimate of drug-likeness (QED) is 0.844. The molecule has 2 heterocycles. The monoisotopic (exact) mass is 326 g/mol. The zero-order valence-corrected chi connectivity index (χ0v) is 13.2. The fraction of sp³-hybridized carbons (Fsp3) is 0.267. The molecule has 2 aromatic rings. The van der Waals surface area contributed by atoms with E-state index in [9.17, 15) is 8.60 Å². The Morgan fingerprint density at radius 1 is 1.48 bits per heavy atom. The number of hydrogen-bond donors (Lipinski definition) is 1. The molecule has 0 fully saturated rings. The van der Waals surface area contributed by atoms with Crippen molar-refractivity contribution in [3.05, 3.63) is 40.8 Å². The summed E-state index contributed by atoms with van der Waals surface area (Å²) in [6, 6.07) is 3.06. The number of fused-ring (bicyclic) bond motifs is 1.